The summed E-state index contributed by atoms with van der Waals surface area (Å²) < 4.78 is 5.21. The van der Waals surface area contributed by atoms with E-state index in [0.29, 0.717) is 26.3 Å². The summed E-state index contributed by atoms with van der Waals surface area (Å²) in [5, 5.41) is 3.03. The van der Waals surface area contributed by atoms with Gasteiger partial charge in [-0.3, -0.25) is 14.9 Å². The number of carbonyl (C=O) groups is 2. The summed E-state index contributed by atoms with van der Waals surface area (Å²) in [7, 11) is 3.41. The molecule has 0 aromatic heterocycles. The predicted molar refractivity (Wildman–Crippen MR) is 68.2 cm³/mol. The first kappa shape index (κ1) is 14.9. The average Bonchev–Trinajstić information content (AvgIpc) is 2.37. The van der Waals surface area contributed by atoms with Crippen molar-refractivity contribution in [1.82, 2.24) is 15.1 Å². The van der Waals surface area contributed by atoms with E-state index in [-0.39, 0.29) is 23.9 Å². The Bertz CT molecular complexity index is 301. The molecule has 1 aliphatic heterocycles. The molecule has 1 heterocycles. The maximum atomic E-state index is 12.1. The van der Waals surface area contributed by atoms with Gasteiger partial charge in [-0.05, 0) is 13.8 Å². The van der Waals surface area contributed by atoms with Crippen molar-refractivity contribution in [2.24, 2.45) is 0 Å². The van der Waals surface area contributed by atoms with Gasteiger partial charge in [-0.15, -0.1) is 0 Å². The molecule has 0 saturated carbocycles. The number of morpholine rings is 1. The van der Waals surface area contributed by atoms with Crippen LogP contribution in [0.3, 0.4) is 0 Å². The maximum Gasteiger partial charge on any atom is 0.239 e. The monoisotopic (exact) mass is 257 g/mol. The third-order valence-electron chi connectivity index (χ3n) is 3.00. The van der Waals surface area contributed by atoms with Crippen LogP contribution in [0.2, 0.25) is 0 Å². The Balaban J connectivity index is 2.46. The zero-order valence-corrected chi connectivity index (χ0v) is 11.6. The molecule has 1 N–H and O–H groups in total. The van der Waals surface area contributed by atoms with Crippen molar-refractivity contribution >= 4 is 11.8 Å². The van der Waals surface area contributed by atoms with Crippen molar-refractivity contribution in [3.63, 3.8) is 0 Å². The van der Waals surface area contributed by atoms with E-state index in [1.807, 2.05) is 0 Å². The molecule has 0 aliphatic carbocycles. The largest absolute Gasteiger partial charge is 0.378 e. The van der Waals surface area contributed by atoms with Gasteiger partial charge in [0.05, 0.1) is 25.3 Å². The first-order chi connectivity index (χ1) is 8.43. The molecule has 104 valence electrons. The molecule has 1 rings (SSSR count). The summed E-state index contributed by atoms with van der Waals surface area (Å²) in [6.07, 6.45) is 0. The Morgan fingerprint density at radius 1 is 1.17 bits per heavy atom. The molecule has 0 aromatic rings. The Morgan fingerprint density at radius 3 is 2.22 bits per heavy atom. The molecule has 2 unspecified atom stereocenters. The summed E-state index contributed by atoms with van der Waals surface area (Å²) in [5.41, 5.74) is 0. The standard InChI is InChI=1S/C12H23N3O3/c1-9(11(16)14(3)4)13-10(2)12(17)15-5-7-18-8-6-15/h9-10,13H,5-8H2,1-4H3. The molecule has 1 aliphatic rings. The Kier molecular flexibility index (Phi) is 5.55. The minimum Gasteiger partial charge on any atom is -0.378 e. The number of nitrogens with one attached hydrogen (secondary N) is 1. The van der Waals surface area contributed by atoms with E-state index in [9.17, 15) is 9.59 Å². The molecule has 0 spiro atoms. The number of rotatable bonds is 4. The minimum absolute atomic E-state index is 0.0247. The van der Waals surface area contributed by atoms with Gasteiger partial charge in [-0.2, -0.15) is 0 Å². The van der Waals surface area contributed by atoms with E-state index in [0.717, 1.165) is 0 Å². The molecular weight excluding hydrogens is 234 g/mol. The minimum atomic E-state index is -0.361. The molecular formula is C12H23N3O3. The fraction of sp³-hybridized carbons (Fsp3) is 0.833. The van der Waals surface area contributed by atoms with Gasteiger partial charge in [0.15, 0.2) is 0 Å². The van der Waals surface area contributed by atoms with Crippen LogP contribution >= 0.6 is 0 Å². The van der Waals surface area contributed by atoms with Gasteiger partial charge >= 0.3 is 0 Å². The molecule has 18 heavy (non-hydrogen) atoms. The highest BCUT2D eigenvalue weighted by Gasteiger charge is 2.25. The number of nitrogens with zero attached hydrogens (tertiary/aromatic N) is 2. The van der Waals surface area contributed by atoms with Crippen molar-refractivity contribution in [3.8, 4) is 0 Å². The number of ether oxygens (including phenoxy) is 1. The molecule has 1 fully saturated rings. The van der Waals surface area contributed by atoms with Gasteiger partial charge < -0.3 is 14.5 Å². The van der Waals surface area contributed by atoms with Gasteiger partial charge in [0.2, 0.25) is 11.8 Å². The second kappa shape index (κ2) is 6.70. The van der Waals surface area contributed by atoms with Gasteiger partial charge in [-0.25, -0.2) is 0 Å². The van der Waals surface area contributed by atoms with Gasteiger partial charge in [0, 0.05) is 27.2 Å². The maximum absolute atomic E-state index is 12.1. The Morgan fingerprint density at radius 2 is 1.72 bits per heavy atom. The lowest BCUT2D eigenvalue weighted by molar-refractivity contribution is -0.138. The van der Waals surface area contributed by atoms with Crippen molar-refractivity contribution in [2.75, 3.05) is 40.4 Å². The average molecular weight is 257 g/mol. The van der Waals surface area contributed by atoms with Gasteiger partial charge in [-0.1, -0.05) is 0 Å². The molecule has 1 saturated heterocycles. The van der Waals surface area contributed by atoms with E-state index in [1.54, 1.807) is 32.8 Å². The number of hydrogen-bond donors (Lipinski definition) is 1. The second-order valence-electron chi connectivity index (χ2n) is 4.78. The Labute approximate surface area is 108 Å². The highest BCUT2D eigenvalue weighted by atomic mass is 16.5. The van der Waals surface area contributed by atoms with Crippen LogP contribution in [-0.2, 0) is 14.3 Å². The topological polar surface area (TPSA) is 61.9 Å². The smallest absolute Gasteiger partial charge is 0.239 e. The third kappa shape index (κ3) is 3.96. The fourth-order valence-corrected chi connectivity index (χ4v) is 1.96. The van der Waals surface area contributed by atoms with E-state index in [2.05, 4.69) is 5.32 Å². The summed E-state index contributed by atoms with van der Waals surface area (Å²) in [6.45, 7) is 5.99. The van der Waals surface area contributed by atoms with Crippen LogP contribution in [0.25, 0.3) is 0 Å². The van der Waals surface area contributed by atoms with Crippen LogP contribution in [0.5, 0.6) is 0 Å². The molecule has 2 atom stereocenters. The predicted octanol–water partition coefficient (Wildman–Crippen LogP) is -0.700. The lowest BCUT2D eigenvalue weighted by Gasteiger charge is -2.30. The first-order valence-electron chi connectivity index (χ1n) is 6.27. The molecule has 0 bridgehead atoms. The lowest BCUT2D eigenvalue weighted by atomic mass is 10.2. The van der Waals surface area contributed by atoms with Crippen molar-refractivity contribution in [1.29, 1.82) is 0 Å². The van der Waals surface area contributed by atoms with E-state index in [4.69, 9.17) is 4.74 Å². The van der Waals surface area contributed by atoms with Crippen LogP contribution in [-0.4, -0.2) is 74.1 Å². The van der Waals surface area contributed by atoms with E-state index in [1.165, 1.54) is 4.90 Å². The molecule has 0 radical (unpaired) electrons. The highest BCUT2D eigenvalue weighted by molar-refractivity contribution is 5.84. The van der Waals surface area contributed by atoms with Crippen LogP contribution in [0.1, 0.15) is 13.8 Å². The Hall–Kier alpha value is -1.14. The number of carbonyl (C=O) groups excluding carboxylic acids is 2. The van der Waals surface area contributed by atoms with Crippen LogP contribution < -0.4 is 5.32 Å². The summed E-state index contributed by atoms with van der Waals surface area (Å²) in [5.74, 6) is -0.00617. The molecule has 6 heteroatoms. The molecule has 0 aromatic carbocycles. The van der Waals surface area contributed by atoms with Crippen LogP contribution in [0.15, 0.2) is 0 Å². The molecule has 6 nitrogen and oxygen atoms in total. The van der Waals surface area contributed by atoms with E-state index < -0.39 is 0 Å². The fourth-order valence-electron chi connectivity index (χ4n) is 1.96. The van der Waals surface area contributed by atoms with Crippen LogP contribution in [0.4, 0.5) is 0 Å². The van der Waals surface area contributed by atoms with Crippen molar-refractivity contribution in [2.45, 2.75) is 25.9 Å². The SMILES string of the molecule is CC(NC(C)C(=O)N1CCOCC1)C(=O)N(C)C. The normalized spacial score (nSPS) is 19.2. The summed E-state index contributed by atoms with van der Waals surface area (Å²) in [4.78, 5) is 27.1. The number of likely N-dealkylation sites (N-methyl/N-ethyl adjacent to an activating group) is 1. The van der Waals surface area contributed by atoms with Crippen molar-refractivity contribution < 1.29 is 14.3 Å². The number of hydrogen-bond acceptors (Lipinski definition) is 4. The first-order valence-corrected chi connectivity index (χ1v) is 6.27. The lowest BCUT2D eigenvalue weighted by Crippen LogP contribution is -2.53. The quantitative estimate of drug-likeness (QED) is 0.723. The van der Waals surface area contributed by atoms with Crippen LogP contribution in [0, 0.1) is 0 Å². The van der Waals surface area contributed by atoms with E-state index >= 15 is 0 Å². The summed E-state index contributed by atoms with van der Waals surface area (Å²) >= 11 is 0. The van der Waals surface area contributed by atoms with Crippen molar-refractivity contribution in [3.05, 3.63) is 0 Å². The van der Waals surface area contributed by atoms with Gasteiger partial charge in [0.25, 0.3) is 0 Å². The third-order valence-corrected chi connectivity index (χ3v) is 3.00. The zero-order chi connectivity index (χ0) is 13.7. The summed E-state index contributed by atoms with van der Waals surface area (Å²) in [6, 6.07) is -0.720. The van der Waals surface area contributed by atoms with Gasteiger partial charge in [0.1, 0.15) is 0 Å². The second-order valence-corrected chi connectivity index (χ2v) is 4.78. The highest BCUT2D eigenvalue weighted by Crippen LogP contribution is 2.02. The zero-order valence-electron chi connectivity index (χ0n) is 11.6. The molecule has 2 amide bonds. The number of amides is 2.